The Kier molecular flexibility index (Phi) is 4.62. The SMILES string of the molecule is C/C(=N\NC(=O)C[C@H]1CCS(=O)(=O)C1)c1ccc(O)cc1. The van der Waals surface area contributed by atoms with Crippen molar-refractivity contribution in [3.8, 4) is 5.75 Å². The van der Waals surface area contributed by atoms with E-state index in [1.54, 1.807) is 31.2 Å². The Morgan fingerprint density at radius 3 is 2.62 bits per heavy atom. The molecule has 1 heterocycles. The highest BCUT2D eigenvalue weighted by atomic mass is 32.2. The van der Waals surface area contributed by atoms with Crippen molar-refractivity contribution in [3.63, 3.8) is 0 Å². The predicted octanol–water partition coefficient (Wildman–Crippen LogP) is 1.06. The van der Waals surface area contributed by atoms with Crippen LogP contribution in [0.15, 0.2) is 29.4 Å². The van der Waals surface area contributed by atoms with Crippen molar-refractivity contribution >= 4 is 21.5 Å². The van der Waals surface area contributed by atoms with Gasteiger partial charge in [0.2, 0.25) is 5.91 Å². The van der Waals surface area contributed by atoms with Crippen molar-refractivity contribution < 1.29 is 18.3 Å². The number of hydrogen-bond donors (Lipinski definition) is 2. The first-order chi connectivity index (χ1) is 9.85. The number of amides is 1. The molecular weight excluding hydrogens is 292 g/mol. The van der Waals surface area contributed by atoms with E-state index in [1.165, 1.54) is 0 Å². The third-order valence-electron chi connectivity index (χ3n) is 3.43. The molecule has 0 aromatic heterocycles. The summed E-state index contributed by atoms with van der Waals surface area (Å²) in [6.07, 6.45) is 0.710. The molecule has 1 aromatic carbocycles. The molecule has 0 unspecified atom stereocenters. The maximum atomic E-state index is 11.7. The standard InChI is InChI=1S/C14H18N2O4S/c1-10(12-2-4-13(17)5-3-12)15-16-14(18)8-11-6-7-21(19,20)9-11/h2-5,11,17H,6-9H2,1H3,(H,16,18)/b15-10+/t11-/m1/s1. The number of rotatable bonds is 4. The lowest BCUT2D eigenvalue weighted by atomic mass is 10.1. The predicted molar refractivity (Wildman–Crippen MR) is 79.8 cm³/mol. The molecule has 114 valence electrons. The normalized spacial score (nSPS) is 21.2. The zero-order valence-electron chi connectivity index (χ0n) is 11.7. The molecule has 21 heavy (non-hydrogen) atoms. The largest absolute Gasteiger partial charge is 0.508 e. The second kappa shape index (κ2) is 6.26. The number of nitrogens with zero attached hydrogens (tertiary/aromatic N) is 1. The van der Waals surface area contributed by atoms with Crippen molar-refractivity contribution in [2.45, 2.75) is 19.8 Å². The van der Waals surface area contributed by atoms with Gasteiger partial charge >= 0.3 is 0 Å². The molecule has 6 nitrogen and oxygen atoms in total. The lowest BCUT2D eigenvalue weighted by Gasteiger charge is -2.06. The van der Waals surface area contributed by atoms with E-state index in [0.717, 1.165) is 5.56 Å². The van der Waals surface area contributed by atoms with Crippen LogP contribution < -0.4 is 5.43 Å². The highest BCUT2D eigenvalue weighted by Crippen LogP contribution is 2.21. The molecule has 0 radical (unpaired) electrons. The van der Waals surface area contributed by atoms with Crippen LogP contribution in [0.3, 0.4) is 0 Å². The molecule has 0 spiro atoms. The second-order valence-corrected chi connectivity index (χ2v) is 7.48. The Balaban J connectivity index is 1.88. The van der Waals surface area contributed by atoms with Crippen molar-refractivity contribution in [3.05, 3.63) is 29.8 Å². The summed E-state index contributed by atoms with van der Waals surface area (Å²) in [7, 11) is -2.96. The fourth-order valence-corrected chi connectivity index (χ4v) is 4.12. The van der Waals surface area contributed by atoms with Gasteiger partial charge in [-0.3, -0.25) is 4.79 Å². The molecule has 1 fully saturated rings. The summed E-state index contributed by atoms with van der Waals surface area (Å²) in [5.74, 6) is 0.0226. The van der Waals surface area contributed by atoms with Gasteiger partial charge < -0.3 is 5.11 Å². The van der Waals surface area contributed by atoms with Gasteiger partial charge in [0.05, 0.1) is 17.2 Å². The van der Waals surface area contributed by atoms with E-state index in [0.29, 0.717) is 12.1 Å². The van der Waals surface area contributed by atoms with Crippen LogP contribution in [0.25, 0.3) is 0 Å². The smallest absolute Gasteiger partial charge is 0.240 e. The van der Waals surface area contributed by atoms with Gasteiger partial charge in [0.1, 0.15) is 5.75 Å². The number of hydrogen-bond acceptors (Lipinski definition) is 5. The third-order valence-corrected chi connectivity index (χ3v) is 5.27. The highest BCUT2D eigenvalue weighted by Gasteiger charge is 2.29. The van der Waals surface area contributed by atoms with Crippen LogP contribution in [0.2, 0.25) is 0 Å². The maximum Gasteiger partial charge on any atom is 0.240 e. The van der Waals surface area contributed by atoms with Crippen LogP contribution in [0.1, 0.15) is 25.3 Å². The van der Waals surface area contributed by atoms with Crippen LogP contribution in [-0.2, 0) is 14.6 Å². The number of phenols is 1. The van der Waals surface area contributed by atoms with Crippen molar-refractivity contribution in [2.24, 2.45) is 11.0 Å². The van der Waals surface area contributed by atoms with Gasteiger partial charge in [-0.15, -0.1) is 0 Å². The lowest BCUT2D eigenvalue weighted by Crippen LogP contribution is -2.22. The molecule has 0 saturated carbocycles. The quantitative estimate of drug-likeness (QED) is 0.642. The zero-order valence-corrected chi connectivity index (χ0v) is 12.6. The van der Waals surface area contributed by atoms with Crippen molar-refractivity contribution in [1.29, 1.82) is 0 Å². The topological polar surface area (TPSA) is 95.8 Å². The number of aromatic hydroxyl groups is 1. The summed E-state index contributed by atoms with van der Waals surface area (Å²) in [4.78, 5) is 11.7. The van der Waals surface area contributed by atoms with Gasteiger partial charge in [0, 0.05) is 6.42 Å². The van der Waals surface area contributed by atoms with E-state index in [2.05, 4.69) is 10.5 Å². The van der Waals surface area contributed by atoms with E-state index in [1.807, 2.05) is 0 Å². The summed E-state index contributed by atoms with van der Waals surface area (Å²) < 4.78 is 22.6. The number of sulfone groups is 1. The van der Waals surface area contributed by atoms with E-state index < -0.39 is 9.84 Å². The maximum absolute atomic E-state index is 11.7. The molecule has 1 atom stereocenters. The fourth-order valence-electron chi connectivity index (χ4n) is 2.25. The first-order valence-corrected chi connectivity index (χ1v) is 8.51. The molecule has 2 N–H and O–H groups in total. The first-order valence-electron chi connectivity index (χ1n) is 6.69. The number of hydrazone groups is 1. The Morgan fingerprint density at radius 2 is 2.05 bits per heavy atom. The minimum atomic E-state index is -2.96. The van der Waals surface area contributed by atoms with Gasteiger partial charge in [-0.1, -0.05) is 0 Å². The molecule has 0 bridgehead atoms. The Morgan fingerprint density at radius 1 is 1.38 bits per heavy atom. The molecule has 7 heteroatoms. The van der Waals surface area contributed by atoms with Crippen LogP contribution in [0, 0.1) is 5.92 Å². The van der Waals surface area contributed by atoms with Gasteiger partial charge in [-0.05, 0) is 49.1 Å². The average Bonchev–Trinajstić information content (AvgIpc) is 2.76. The monoisotopic (exact) mass is 310 g/mol. The minimum Gasteiger partial charge on any atom is -0.508 e. The van der Waals surface area contributed by atoms with Crippen molar-refractivity contribution in [2.75, 3.05) is 11.5 Å². The molecule has 1 aromatic rings. The molecular formula is C14H18N2O4S. The second-order valence-electron chi connectivity index (χ2n) is 5.25. The number of carbonyl (C=O) groups excluding carboxylic acids is 1. The molecule has 0 aliphatic carbocycles. The van der Waals surface area contributed by atoms with Gasteiger partial charge in [0.15, 0.2) is 9.84 Å². The summed E-state index contributed by atoms with van der Waals surface area (Å²) in [6.45, 7) is 1.74. The van der Waals surface area contributed by atoms with Gasteiger partial charge in [-0.25, -0.2) is 13.8 Å². The van der Waals surface area contributed by atoms with Crippen LogP contribution >= 0.6 is 0 Å². The number of benzene rings is 1. The average molecular weight is 310 g/mol. The van der Waals surface area contributed by atoms with Gasteiger partial charge in [-0.2, -0.15) is 5.10 Å². The Bertz CT molecular complexity index is 650. The number of phenolic OH excluding ortho intramolecular Hbond substituents is 1. The van der Waals surface area contributed by atoms with Crippen LogP contribution in [0.5, 0.6) is 5.75 Å². The number of carbonyl (C=O) groups is 1. The lowest BCUT2D eigenvalue weighted by molar-refractivity contribution is -0.121. The molecule has 1 saturated heterocycles. The first kappa shape index (κ1) is 15.5. The van der Waals surface area contributed by atoms with Crippen LogP contribution in [-0.4, -0.2) is 36.6 Å². The van der Waals surface area contributed by atoms with E-state index in [9.17, 15) is 18.3 Å². The third kappa shape index (κ3) is 4.56. The van der Waals surface area contributed by atoms with Gasteiger partial charge in [0.25, 0.3) is 0 Å². The summed E-state index contributed by atoms with van der Waals surface area (Å²) in [5.41, 5.74) is 3.84. The van der Waals surface area contributed by atoms with E-state index in [4.69, 9.17) is 0 Å². The Hall–Kier alpha value is -1.89. The summed E-state index contributed by atoms with van der Waals surface area (Å²) in [6, 6.07) is 6.48. The minimum absolute atomic E-state index is 0.0844. The highest BCUT2D eigenvalue weighted by molar-refractivity contribution is 7.91. The van der Waals surface area contributed by atoms with Crippen LogP contribution in [0.4, 0.5) is 0 Å². The molecule has 1 amide bonds. The van der Waals surface area contributed by atoms with Crippen molar-refractivity contribution in [1.82, 2.24) is 5.43 Å². The Labute approximate surface area is 123 Å². The molecule has 1 aliphatic rings. The molecule has 2 rings (SSSR count). The van der Waals surface area contributed by atoms with E-state index >= 15 is 0 Å². The number of nitrogens with one attached hydrogen (secondary N) is 1. The van der Waals surface area contributed by atoms with E-state index in [-0.39, 0.29) is 35.5 Å². The zero-order chi connectivity index (χ0) is 15.5. The summed E-state index contributed by atoms with van der Waals surface area (Å²) >= 11 is 0. The summed E-state index contributed by atoms with van der Waals surface area (Å²) in [5, 5.41) is 13.2. The molecule has 1 aliphatic heterocycles. The fraction of sp³-hybridized carbons (Fsp3) is 0.429.